The molecule has 4 rings (SSSR count). The van der Waals surface area contributed by atoms with Crippen LogP contribution in [0.1, 0.15) is 35.7 Å². The summed E-state index contributed by atoms with van der Waals surface area (Å²) in [7, 11) is 0. The van der Waals surface area contributed by atoms with Gasteiger partial charge >= 0.3 is 5.97 Å². The summed E-state index contributed by atoms with van der Waals surface area (Å²) in [6.45, 7) is 0. The predicted molar refractivity (Wildman–Crippen MR) is 85.7 cm³/mol. The molecule has 0 bridgehead atoms. The minimum atomic E-state index is -0.331. The predicted octanol–water partition coefficient (Wildman–Crippen LogP) is 2.41. The second-order valence-electron chi connectivity index (χ2n) is 5.80. The number of ether oxygens (including phenoxy) is 1. The summed E-state index contributed by atoms with van der Waals surface area (Å²) < 4.78 is 9.39. The van der Waals surface area contributed by atoms with E-state index in [1.807, 2.05) is 16.9 Å². The fourth-order valence-corrected chi connectivity index (χ4v) is 3.11. The normalized spacial score (nSPS) is 20.2. The number of rotatable bonds is 4. The van der Waals surface area contributed by atoms with Gasteiger partial charge in [-0.1, -0.05) is 0 Å². The minimum Gasteiger partial charge on any atom is -0.456 e. The fraction of sp³-hybridized carbons (Fsp3) is 0.294. The highest BCUT2D eigenvalue weighted by atomic mass is 16.5. The van der Waals surface area contributed by atoms with Gasteiger partial charge in [-0.3, -0.25) is 9.25 Å². The molecular weight excluding hydrogens is 306 g/mol. The zero-order valence-corrected chi connectivity index (χ0v) is 13.0. The number of imidazole rings is 1. The van der Waals surface area contributed by atoms with E-state index in [0.29, 0.717) is 11.4 Å². The van der Waals surface area contributed by atoms with Gasteiger partial charge in [-0.25, -0.2) is 14.8 Å². The third-order valence-corrected chi connectivity index (χ3v) is 4.29. The molecule has 3 heterocycles. The molecule has 3 aromatic heterocycles. The van der Waals surface area contributed by atoms with Crippen LogP contribution in [0.3, 0.4) is 0 Å². The Kier molecular flexibility index (Phi) is 3.82. The van der Waals surface area contributed by atoms with Crippen molar-refractivity contribution in [2.45, 2.75) is 31.4 Å². The Hall–Kier alpha value is -2.96. The van der Waals surface area contributed by atoms with Gasteiger partial charge in [0, 0.05) is 31.0 Å². The molecule has 1 saturated carbocycles. The van der Waals surface area contributed by atoms with Crippen LogP contribution in [0.25, 0.3) is 5.82 Å². The first-order chi connectivity index (χ1) is 11.8. The number of carbonyl (C=O) groups is 1. The molecule has 0 spiro atoms. The lowest BCUT2D eigenvalue weighted by atomic mass is 10.2. The van der Waals surface area contributed by atoms with Crippen molar-refractivity contribution in [1.82, 2.24) is 24.3 Å². The molecule has 0 amide bonds. The van der Waals surface area contributed by atoms with E-state index in [2.05, 4.69) is 15.1 Å². The molecule has 122 valence electrons. The number of hydrogen-bond acceptors (Lipinski definition) is 5. The van der Waals surface area contributed by atoms with Crippen LogP contribution in [0, 0.1) is 0 Å². The minimum absolute atomic E-state index is 0.110. The summed E-state index contributed by atoms with van der Waals surface area (Å²) in [6, 6.07) is 5.37. The van der Waals surface area contributed by atoms with Crippen molar-refractivity contribution < 1.29 is 9.53 Å². The highest BCUT2D eigenvalue weighted by Crippen LogP contribution is 2.32. The van der Waals surface area contributed by atoms with Crippen LogP contribution in [-0.4, -0.2) is 36.4 Å². The first-order valence-electron chi connectivity index (χ1n) is 7.96. The van der Waals surface area contributed by atoms with Gasteiger partial charge in [0.15, 0.2) is 0 Å². The Morgan fingerprint density at radius 1 is 1.21 bits per heavy atom. The highest BCUT2D eigenvalue weighted by molar-refractivity contribution is 5.89. The van der Waals surface area contributed by atoms with Crippen LogP contribution in [0.5, 0.6) is 0 Å². The Morgan fingerprint density at radius 3 is 2.96 bits per heavy atom. The van der Waals surface area contributed by atoms with Gasteiger partial charge in [-0.15, -0.1) is 0 Å². The molecular formula is C17H17N5O2. The Balaban J connectivity index is 1.51. The molecule has 0 N–H and O–H groups in total. The summed E-state index contributed by atoms with van der Waals surface area (Å²) in [4.78, 5) is 20.8. The van der Waals surface area contributed by atoms with Crippen molar-refractivity contribution in [3.05, 3.63) is 61.1 Å². The van der Waals surface area contributed by atoms with E-state index >= 15 is 0 Å². The third kappa shape index (κ3) is 2.80. The van der Waals surface area contributed by atoms with E-state index in [-0.39, 0.29) is 18.1 Å². The molecule has 0 unspecified atom stereocenters. The lowest BCUT2D eigenvalue weighted by molar-refractivity contribution is 0.0209. The summed E-state index contributed by atoms with van der Waals surface area (Å²) in [5, 5.41) is 4.28. The summed E-state index contributed by atoms with van der Waals surface area (Å²) >= 11 is 0. The zero-order valence-electron chi connectivity index (χ0n) is 13.0. The van der Waals surface area contributed by atoms with Crippen LogP contribution in [0.4, 0.5) is 0 Å². The van der Waals surface area contributed by atoms with Crippen LogP contribution in [-0.2, 0) is 4.74 Å². The van der Waals surface area contributed by atoms with Gasteiger partial charge in [0.05, 0.1) is 11.6 Å². The van der Waals surface area contributed by atoms with Crippen LogP contribution in [0.2, 0.25) is 0 Å². The van der Waals surface area contributed by atoms with Gasteiger partial charge in [0.2, 0.25) is 0 Å². The van der Waals surface area contributed by atoms with E-state index in [1.165, 1.54) is 0 Å². The van der Waals surface area contributed by atoms with Crippen molar-refractivity contribution in [1.29, 1.82) is 0 Å². The fourth-order valence-electron chi connectivity index (χ4n) is 3.11. The van der Waals surface area contributed by atoms with Gasteiger partial charge in [0.25, 0.3) is 0 Å². The maximum Gasteiger partial charge on any atom is 0.338 e. The van der Waals surface area contributed by atoms with Crippen LogP contribution in [0.15, 0.2) is 55.5 Å². The summed E-state index contributed by atoms with van der Waals surface area (Å²) in [6.07, 6.45) is 13.1. The monoisotopic (exact) mass is 323 g/mol. The number of esters is 1. The van der Waals surface area contributed by atoms with Gasteiger partial charge in [0.1, 0.15) is 18.2 Å². The molecule has 24 heavy (non-hydrogen) atoms. The van der Waals surface area contributed by atoms with E-state index in [0.717, 1.165) is 19.3 Å². The molecule has 7 nitrogen and oxygen atoms in total. The summed E-state index contributed by atoms with van der Waals surface area (Å²) in [5.74, 6) is 0.305. The molecule has 2 atom stereocenters. The maximum absolute atomic E-state index is 12.5. The lowest BCUT2D eigenvalue weighted by Gasteiger charge is -2.20. The molecule has 0 aromatic carbocycles. The number of carbonyl (C=O) groups excluding carboxylic acids is 1. The molecule has 0 aliphatic heterocycles. The first-order valence-corrected chi connectivity index (χ1v) is 7.96. The van der Waals surface area contributed by atoms with E-state index in [4.69, 9.17) is 4.74 Å². The molecule has 0 saturated heterocycles. The van der Waals surface area contributed by atoms with Crippen molar-refractivity contribution in [2.75, 3.05) is 0 Å². The average molecular weight is 323 g/mol. The second-order valence-corrected chi connectivity index (χ2v) is 5.80. The van der Waals surface area contributed by atoms with Gasteiger partial charge in [-0.05, 0) is 37.5 Å². The number of nitrogens with zero attached hydrogens (tertiary/aromatic N) is 5. The molecule has 7 heteroatoms. The second kappa shape index (κ2) is 6.27. The van der Waals surface area contributed by atoms with E-state index < -0.39 is 0 Å². The molecule has 1 aliphatic rings. The van der Waals surface area contributed by atoms with Crippen molar-refractivity contribution in [3.63, 3.8) is 0 Å². The van der Waals surface area contributed by atoms with Gasteiger partial charge in [-0.2, -0.15) is 5.10 Å². The summed E-state index contributed by atoms with van der Waals surface area (Å²) in [5.41, 5.74) is 0.486. The largest absolute Gasteiger partial charge is 0.456 e. The van der Waals surface area contributed by atoms with Crippen molar-refractivity contribution in [3.8, 4) is 5.82 Å². The molecule has 1 aliphatic carbocycles. The van der Waals surface area contributed by atoms with Crippen LogP contribution < -0.4 is 0 Å². The smallest absolute Gasteiger partial charge is 0.338 e. The first kappa shape index (κ1) is 14.6. The Morgan fingerprint density at radius 2 is 2.17 bits per heavy atom. The number of aromatic nitrogens is 5. The van der Waals surface area contributed by atoms with E-state index in [9.17, 15) is 4.79 Å². The highest BCUT2D eigenvalue weighted by Gasteiger charge is 2.32. The van der Waals surface area contributed by atoms with Crippen LogP contribution >= 0.6 is 0 Å². The molecule has 1 fully saturated rings. The topological polar surface area (TPSA) is 74.8 Å². The van der Waals surface area contributed by atoms with E-state index in [1.54, 1.807) is 47.8 Å². The maximum atomic E-state index is 12.5. The lowest BCUT2D eigenvalue weighted by Crippen LogP contribution is -2.25. The van der Waals surface area contributed by atoms with Gasteiger partial charge < -0.3 is 4.74 Å². The molecule has 3 aromatic rings. The number of hydrogen-bond donors (Lipinski definition) is 0. The third-order valence-electron chi connectivity index (χ3n) is 4.29. The zero-order chi connectivity index (χ0) is 16.4. The SMILES string of the molecule is O=C(O[C@@H]1CCC[C@H]1n1cccn1)c1ccnc(-n2ccnc2)c1. The standard InChI is InChI=1S/C17H17N5O2/c23-17(13-5-7-19-16(11-13)21-10-8-18-12-21)24-15-4-1-3-14(15)22-9-2-6-20-22/h2,5-12,14-15H,1,3-4H2/t14-,15-/m1/s1. The number of pyridine rings is 1. The van der Waals surface area contributed by atoms with Crippen molar-refractivity contribution in [2.24, 2.45) is 0 Å². The van der Waals surface area contributed by atoms with Crippen molar-refractivity contribution >= 4 is 5.97 Å². The quantitative estimate of drug-likeness (QED) is 0.689. The Bertz CT molecular complexity index is 813. The average Bonchev–Trinajstić information content (AvgIpc) is 3.36. The molecule has 0 radical (unpaired) electrons. The Labute approximate surface area is 138 Å².